The minimum Gasteiger partial charge on any atom is -0.480 e. The first kappa shape index (κ1) is 13.4. The number of hydrogen-bond donors (Lipinski definition) is 1. The quantitative estimate of drug-likeness (QED) is 0.924. The number of rotatable bonds is 3. The average Bonchev–Trinajstić information content (AvgIpc) is 2.38. The molecule has 0 aliphatic heterocycles. The van der Waals surface area contributed by atoms with Crippen molar-refractivity contribution in [2.75, 3.05) is 19.1 Å². The van der Waals surface area contributed by atoms with Gasteiger partial charge in [0.2, 0.25) is 5.88 Å². The zero-order valence-electron chi connectivity index (χ0n) is 10.6. The molecule has 0 fully saturated rings. The maximum absolute atomic E-state index is 11.4. The molecule has 5 nitrogen and oxygen atoms in total. The van der Waals surface area contributed by atoms with Crippen LogP contribution in [0.5, 0.6) is 5.88 Å². The van der Waals surface area contributed by atoms with Crippen molar-refractivity contribution in [1.82, 2.24) is 4.98 Å². The van der Waals surface area contributed by atoms with Gasteiger partial charge >= 0.3 is 0 Å². The van der Waals surface area contributed by atoms with E-state index in [1.807, 2.05) is 0 Å². The molecule has 0 spiro atoms. The van der Waals surface area contributed by atoms with E-state index in [1.54, 1.807) is 36.4 Å². The number of pyridine rings is 1. The van der Waals surface area contributed by atoms with Crippen LogP contribution in [0.15, 0.2) is 41.3 Å². The summed E-state index contributed by atoms with van der Waals surface area (Å²) in [6.07, 6.45) is 1.17. The van der Waals surface area contributed by atoms with Crippen molar-refractivity contribution >= 4 is 15.5 Å². The van der Waals surface area contributed by atoms with Gasteiger partial charge in [-0.25, -0.2) is 13.4 Å². The van der Waals surface area contributed by atoms with Gasteiger partial charge in [-0.2, -0.15) is 0 Å². The summed E-state index contributed by atoms with van der Waals surface area (Å²) < 4.78 is 27.8. The van der Waals surface area contributed by atoms with E-state index in [0.29, 0.717) is 17.3 Å². The Hall–Kier alpha value is -2.08. The molecule has 2 N–H and O–H groups in total. The fraction of sp³-hybridized carbons (Fsp3) is 0.154. The lowest BCUT2D eigenvalue weighted by atomic mass is 10.1. The molecule has 19 heavy (non-hydrogen) atoms. The van der Waals surface area contributed by atoms with Crippen LogP contribution in [0, 0.1) is 0 Å². The molecule has 2 rings (SSSR count). The first-order valence-electron chi connectivity index (χ1n) is 5.53. The Labute approximate surface area is 112 Å². The minimum absolute atomic E-state index is 0.277. The molecular formula is C13H14N2O3S. The van der Waals surface area contributed by atoms with Crippen molar-refractivity contribution in [2.45, 2.75) is 4.90 Å². The van der Waals surface area contributed by atoms with Crippen LogP contribution in [0.2, 0.25) is 0 Å². The zero-order valence-corrected chi connectivity index (χ0v) is 11.4. The Bertz CT molecular complexity index is 694. The third-order valence-electron chi connectivity index (χ3n) is 2.66. The highest BCUT2D eigenvalue weighted by Crippen LogP contribution is 2.25. The molecule has 0 unspecified atom stereocenters. The summed E-state index contributed by atoms with van der Waals surface area (Å²) in [7, 11) is -1.69. The van der Waals surface area contributed by atoms with Gasteiger partial charge in [-0.05, 0) is 24.3 Å². The van der Waals surface area contributed by atoms with Crippen LogP contribution in [0.3, 0.4) is 0 Å². The fourth-order valence-corrected chi connectivity index (χ4v) is 2.28. The van der Waals surface area contributed by atoms with Crippen LogP contribution in [-0.2, 0) is 9.84 Å². The van der Waals surface area contributed by atoms with Crippen LogP contribution in [-0.4, -0.2) is 26.8 Å². The largest absolute Gasteiger partial charge is 0.480 e. The third-order valence-corrected chi connectivity index (χ3v) is 3.79. The van der Waals surface area contributed by atoms with E-state index in [2.05, 4.69) is 4.98 Å². The highest BCUT2D eigenvalue weighted by molar-refractivity contribution is 7.90. The number of benzene rings is 1. The standard InChI is InChI=1S/C13H14N2O3S/c1-18-13-11(14)7-8-12(15-13)9-3-5-10(6-4-9)19(2,16)17/h3-8H,14H2,1-2H3. The Kier molecular flexibility index (Phi) is 3.44. The van der Waals surface area contributed by atoms with Crippen LogP contribution in [0.25, 0.3) is 11.3 Å². The number of methoxy groups -OCH3 is 1. The van der Waals surface area contributed by atoms with E-state index in [-0.39, 0.29) is 4.90 Å². The SMILES string of the molecule is COc1nc(-c2ccc(S(C)(=O)=O)cc2)ccc1N. The molecule has 0 aliphatic rings. The Balaban J connectivity index is 2.43. The minimum atomic E-state index is -3.19. The predicted molar refractivity (Wildman–Crippen MR) is 73.7 cm³/mol. The van der Waals surface area contributed by atoms with Gasteiger partial charge in [0.1, 0.15) is 0 Å². The van der Waals surface area contributed by atoms with E-state index < -0.39 is 9.84 Å². The summed E-state index contributed by atoms with van der Waals surface area (Å²) in [6.45, 7) is 0. The normalized spacial score (nSPS) is 11.3. The van der Waals surface area contributed by atoms with Crippen molar-refractivity contribution in [2.24, 2.45) is 0 Å². The molecule has 0 saturated heterocycles. The summed E-state index contributed by atoms with van der Waals surface area (Å²) in [5.41, 5.74) is 7.62. The first-order valence-corrected chi connectivity index (χ1v) is 7.42. The van der Waals surface area contributed by atoms with Crippen molar-refractivity contribution in [3.63, 3.8) is 0 Å². The first-order chi connectivity index (χ1) is 8.91. The number of nitrogens with two attached hydrogens (primary N) is 1. The Morgan fingerprint density at radius 3 is 2.26 bits per heavy atom. The molecule has 0 radical (unpaired) electrons. The number of sulfone groups is 1. The molecule has 0 bridgehead atoms. The van der Waals surface area contributed by atoms with Crippen molar-refractivity contribution in [3.8, 4) is 17.1 Å². The lowest BCUT2D eigenvalue weighted by molar-refractivity contribution is 0.401. The molecule has 2 aromatic rings. The molecule has 100 valence electrons. The van der Waals surface area contributed by atoms with Crippen LogP contribution < -0.4 is 10.5 Å². The average molecular weight is 278 g/mol. The molecule has 1 heterocycles. The summed E-state index contributed by atoms with van der Waals surface area (Å²) in [6, 6.07) is 9.96. The van der Waals surface area contributed by atoms with Gasteiger partial charge in [0.15, 0.2) is 9.84 Å². The third kappa shape index (κ3) is 2.85. The van der Waals surface area contributed by atoms with Gasteiger partial charge in [-0.15, -0.1) is 0 Å². The summed E-state index contributed by atoms with van der Waals surface area (Å²) in [4.78, 5) is 4.53. The summed E-state index contributed by atoms with van der Waals surface area (Å²) >= 11 is 0. The van der Waals surface area contributed by atoms with Crippen LogP contribution >= 0.6 is 0 Å². The molecule has 0 saturated carbocycles. The number of anilines is 1. The van der Waals surface area contributed by atoms with Crippen molar-refractivity contribution < 1.29 is 13.2 Å². The van der Waals surface area contributed by atoms with E-state index in [4.69, 9.17) is 10.5 Å². The molecule has 1 aromatic heterocycles. The highest BCUT2D eigenvalue weighted by atomic mass is 32.2. The molecule has 0 amide bonds. The van der Waals surface area contributed by atoms with Gasteiger partial charge in [0.05, 0.1) is 23.4 Å². The molecule has 6 heteroatoms. The number of nitrogens with zero attached hydrogens (tertiary/aromatic N) is 1. The maximum Gasteiger partial charge on any atom is 0.237 e. The zero-order chi connectivity index (χ0) is 14.0. The summed E-state index contributed by atoms with van der Waals surface area (Å²) in [5.74, 6) is 0.352. The van der Waals surface area contributed by atoms with Gasteiger partial charge in [0.25, 0.3) is 0 Å². The fourth-order valence-electron chi connectivity index (χ4n) is 1.65. The van der Waals surface area contributed by atoms with E-state index in [9.17, 15) is 8.42 Å². The monoisotopic (exact) mass is 278 g/mol. The van der Waals surface area contributed by atoms with Crippen LogP contribution in [0.1, 0.15) is 0 Å². The summed E-state index contributed by atoms with van der Waals surface area (Å²) in [5, 5.41) is 0. The number of ether oxygens (including phenoxy) is 1. The molecular weight excluding hydrogens is 264 g/mol. The van der Waals surface area contributed by atoms with Gasteiger partial charge in [0, 0.05) is 11.8 Å². The van der Waals surface area contributed by atoms with E-state index in [0.717, 1.165) is 5.56 Å². The molecule has 0 aliphatic carbocycles. The molecule has 1 aromatic carbocycles. The van der Waals surface area contributed by atoms with E-state index >= 15 is 0 Å². The van der Waals surface area contributed by atoms with Crippen molar-refractivity contribution in [1.29, 1.82) is 0 Å². The second-order valence-electron chi connectivity index (χ2n) is 4.09. The Morgan fingerprint density at radius 1 is 1.11 bits per heavy atom. The number of aromatic nitrogens is 1. The van der Waals surface area contributed by atoms with Gasteiger partial charge in [-0.3, -0.25) is 0 Å². The van der Waals surface area contributed by atoms with Gasteiger partial charge < -0.3 is 10.5 Å². The lowest BCUT2D eigenvalue weighted by Gasteiger charge is -2.07. The predicted octanol–water partition coefficient (Wildman–Crippen LogP) is 1.74. The smallest absolute Gasteiger partial charge is 0.237 e. The topological polar surface area (TPSA) is 82.3 Å². The Morgan fingerprint density at radius 2 is 1.74 bits per heavy atom. The van der Waals surface area contributed by atoms with E-state index in [1.165, 1.54) is 13.4 Å². The highest BCUT2D eigenvalue weighted by Gasteiger charge is 2.09. The molecule has 0 atom stereocenters. The number of hydrogen-bond acceptors (Lipinski definition) is 5. The lowest BCUT2D eigenvalue weighted by Crippen LogP contribution is -1.98. The van der Waals surface area contributed by atoms with Gasteiger partial charge in [-0.1, -0.05) is 12.1 Å². The second-order valence-corrected chi connectivity index (χ2v) is 6.11. The van der Waals surface area contributed by atoms with Crippen molar-refractivity contribution in [3.05, 3.63) is 36.4 Å². The second kappa shape index (κ2) is 4.89. The van der Waals surface area contributed by atoms with Crippen LogP contribution in [0.4, 0.5) is 5.69 Å². The maximum atomic E-state index is 11.4. The number of nitrogen functional groups attached to an aromatic ring is 1.